The molecule has 2 aromatic heterocycles. The van der Waals surface area contributed by atoms with Crippen LogP contribution in [0.4, 0.5) is 11.6 Å². The van der Waals surface area contributed by atoms with E-state index in [1.54, 1.807) is 30.1 Å². The van der Waals surface area contributed by atoms with Gasteiger partial charge in [-0.3, -0.25) is 9.89 Å². The molecule has 1 saturated heterocycles. The largest absolute Gasteiger partial charge is 0.496 e. The molecule has 3 N–H and O–H groups in total. The number of nitrogens with one attached hydrogen (secondary N) is 3. The first-order valence-electron chi connectivity index (χ1n) is 10.9. The number of aromatic amines is 1. The molecule has 11 heteroatoms. The van der Waals surface area contributed by atoms with Gasteiger partial charge in [0.15, 0.2) is 5.82 Å². The summed E-state index contributed by atoms with van der Waals surface area (Å²) in [4.78, 5) is 17.4. The van der Waals surface area contributed by atoms with E-state index in [0.717, 1.165) is 29.3 Å². The Morgan fingerprint density at radius 2 is 2.09 bits per heavy atom. The zero-order valence-corrected chi connectivity index (χ0v) is 19.5. The van der Waals surface area contributed by atoms with Gasteiger partial charge in [-0.05, 0) is 37.1 Å². The van der Waals surface area contributed by atoms with Crippen LogP contribution in [0, 0.1) is 0 Å². The Labute approximate surface area is 200 Å². The maximum absolute atomic E-state index is 12.8. The van der Waals surface area contributed by atoms with Gasteiger partial charge in [-0.25, -0.2) is 4.68 Å². The van der Waals surface area contributed by atoms with Crippen molar-refractivity contribution < 1.29 is 14.3 Å². The molecule has 0 atom stereocenters. The van der Waals surface area contributed by atoms with Gasteiger partial charge in [0, 0.05) is 37.3 Å². The molecule has 34 heavy (non-hydrogen) atoms. The van der Waals surface area contributed by atoms with Gasteiger partial charge in [-0.1, -0.05) is 17.7 Å². The van der Waals surface area contributed by atoms with Gasteiger partial charge in [0.25, 0.3) is 5.91 Å². The summed E-state index contributed by atoms with van der Waals surface area (Å²) >= 11 is 6.52. The number of hydrogen-bond donors (Lipinski definition) is 3. The molecule has 0 spiro atoms. The zero-order valence-electron chi connectivity index (χ0n) is 18.8. The first kappa shape index (κ1) is 22.2. The lowest BCUT2D eigenvalue weighted by Gasteiger charge is -2.23. The number of benzene rings is 2. The third-order valence-electron chi connectivity index (χ3n) is 5.83. The minimum absolute atomic E-state index is 0.102. The number of amides is 1. The van der Waals surface area contributed by atoms with Crippen LogP contribution in [0.15, 0.2) is 36.5 Å². The van der Waals surface area contributed by atoms with Crippen LogP contribution in [0.3, 0.4) is 0 Å². The van der Waals surface area contributed by atoms with Crippen molar-refractivity contribution in [1.82, 2.24) is 30.3 Å². The number of H-pyrrole nitrogens is 1. The van der Waals surface area contributed by atoms with Crippen LogP contribution >= 0.6 is 11.6 Å². The molecule has 1 amide bonds. The van der Waals surface area contributed by atoms with Crippen molar-refractivity contribution in [3.8, 4) is 17.1 Å². The quantitative estimate of drug-likeness (QED) is 0.384. The monoisotopic (exact) mass is 481 g/mol. The van der Waals surface area contributed by atoms with Gasteiger partial charge >= 0.3 is 0 Å². The van der Waals surface area contributed by atoms with Crippen molar-refractivity contribution in [1.29, 1.82) is 0 Å². The van der Waals surface area contributed by atoms with E-state index in [1.807, 2.05) is 18.2 Å². The maximum Gasteiger partial charge on any atom is 0.255 e. The molecule has 0 unspecified atom stereocenters. The minimum Gasteiger partial charge on any atom is -0.496 e. The number of ether oxygens (including phenoxy) is 2. The average Bonchev–Trinajstić information content (AvgIpc) is 3.48. The van der Waals surface area contributed by atoms with E-state index < -0.39 is 0 Å². The molecule has 176 valence electrons. The predicted octanol–water partition coefficient (Wildman–Crippen LogP) is 3.67. The van der Waals surface area contributed by atoms with E-state index in [4.69, 9.17) is 21.1 Å². The van der Waals surface area contributed by atoms with Gasteiger partial charge in [-0.15, -0.1) is 5.10 Å². The van der Waals surface area contributed by atoms with Crippen LogP contribution in [0.25, 0.3) is 22.3 Å². The van der Waals surface area contributed by atoms with E-state index in [-0.39, 0.29) is 11.9 Å². The standard InChI is InChI=1S/C23H24ClN7O3/c1-31-23(27-18-6-5-17-16(20(18)24)12-25-29-17)28-21(30-31)13-3-4-15(19(11-13)33-2)22(32)26-14-7-9-34-10-8-14/h3-6,11-12,14H,7-10H2,1-2H3,(H,25,29)(H,26,32)(H,27,28,30). The van der Waals surface area contributed by atoms with E-state index in [9.17, 15) is 4.79 Å². The van der Waals surface area contributed by atoms with Crippen molar-refractivity contribution in [3.63, 3.8) is 0 Å². The Balaban J connectivity index is 1.38. The van der Waals surface area contributed by atoms with E-state index in [0.29, 0.717) is 47.0 Å². The third kappa shape index (κ3) is 4.29. The molecule has 1 aliphatic heterocycles. The van der Waals surface area contributed by atoms with Gasteiger partial charge in [0.1, 0.15) is 5.75 Å². The SMILES string of the molecule is COc1cc(-c2nc(Nc3ccc4[nH]ncc4c3Cl)n(C)n2)ccc1C(=O)NC1CCOCC1. The highest BCUT2D eigenvalue weighted by Gasteiger charge is 2.21. The van der Waals surface area contributed by atoms with Crippen LogP contribution in [-0.4, -0.2) is 57.2 Å². The molecule has 1 fully saturated rings. The Hall–Kier alpha value is -3.63. The molecular weight excluding hydrogens is 458 g/mol. The Bertz CT molecular complexity index is 1340. The summed E-state index contributed by atoms with van der Waals surface area (Å²) in [6, 6.07) is 9.16. The fourth-order valence-electron chi connectivity index (χ4n) is 3.94. The number of rotatable bonds is 6. The second-order valence-electron chi connectivity index (χ2n) is 8.04. The number of aryl methyl sites for hydroxylation is 1. The van der Waals surface area contributed by atoms with Crippen molar-refractivity contribution in [3.05, 3.63) is 47.1 Å². The third-order valence-corrected chi connectivity index (χ3v) is 6.24. The molecule has 0 radical (unpaired) electrons. The Kier molecular flexibility index (Phi) is 6.08. The highest BCUT2D eigenvalue weighted by atomic mass is 35.5. The summed E-state index contributed by atoms with van der Waals surface area (Å²) in [6.07, 6.45) is 3.28. The molecule has 10 nitrogen and oxygen atoms in total. The maximum atomic E-state index is 12.8. The number of methoxy groups -OCH3 is 1. The molecule has 2 aromatic carbocycles. The van der Waals surface area contributed by atoms with E-state index in [1.165, 1.54) is 7.11 Å². The van der Waals surface area contributed by atoms with Crippen LogP contribution < -0.4 is 15.4 Å². The average molecular weight is 482 g/mol. The van der Waals surface area contributed by atoms with Crippen LogP contribution in [0.1, 0.15) is 23.2 Å². The number of carbonyl (C=O) groups excluding carboxylic acids is 1. The smallest absolute Gasteiger partial charge is 0.255 e. The Morgan fingerprint density at radius 3 is 2.88 bits per heavy atom. The number of anilines is 2. The number of nitrogens with zero attached hydrogens (tertiary/aromatic N) is 4. The van der Waals surface area contributed by atoms with Crippen molar-refractivity contribution >= 4 is 40.0 Å². The van der Waals surface area contributed by atoms with E-state index in [2.05, 4.69) is 30.9 Å². The lowest BCUT2D eigenvalue weighted by molar-refractivity contribution is 0.0695. The summed E-state index contributed by atoms with van der Waals surface area (Å²) in [5, 5.41) is 19.1. The van der Waals surface area contributed by atoms with Gasteiger partial charge in [-0.2, -0.15) is 10.1 Å². The van der Waals surface area contributed by atoms with Crippen molar-refractivity contribution in [2.75, 3.05) is 25.6 Å². The zero-order chi connectivity index (χ0) is 23.7. The van der Waals surface area contributed by atoms with Crippen molar-refractivity contribution in [2.24, 2.45) is 7.05 Å². The molecule has 0 aliphatic carbocycles. The molecule has 3 heterocycles. The molecule has 5 rings (SSSR count). The number of hydrogen-bond acceptors (Lipinski definition) is 7. The van der Waals surface area contributed by atoms with Crippen LogP contribution in [-0.2, 0) is 11.8 Å². The van der Waals surface area contributed by atoms with Crippen LogP contribution in [0.2, 0.25) is 5.02 Å². The number of carbonyl (C=O) groups is 1. The number of halogens is 1. The summed E-state index contributed by atoms with van der Waals surface area (Å²) in [6.45, 7) is 1.31. The van der Waals surface area contributed by atoms with Gasteiger partial charge in [0.2, 0.25) is 5.95 Å². The molecule has 1 aliphatic rings. The first-order valence-corrected chi connectivity index (χ1v) is 11.3. The summed E-state index contributed by atoms with van der Waals surface area (Å²) in [7, 11) is 3.33. The topological polar surface area (TPSA) is 119 Å². The fraction of sp³-hybridized carbons (Fsp3) is 0.304. The Morgan fingerprint density at radius 1 is 1.26 bits per heavy atom. The van der Waals surface area contributed by atoms with Gasteiger partial charge < -0.3 is 20.1 Å². The predicted molar refractivity (Wildman–Crippen MR) is 129 cm³/mol. The highest BCUT2D eigenvalue weighted by Crippen LogP contribution is 2.32. The fourth-order valence-corrected chi connectivity index (χ4v) is 4.20. The lowest BCUT2D eigenvalue weighted by atomic mass is 10.1. The summed E-state index contributed by atoms with van der Waals surface area (Å²) in [5.74, 6) is 1.29. The summed E-state index contributed by atoms with van der Waals surface area (Å²) < 4.78 is 12.5. The van der Waals surface area contributed by atoms with Crippen molar-refractivity contribution in [2.45, 2.75) is 18.9 Å². The van der Waals surface area contributed by atoms with Crippen LogP contribution in [0.5, 0.6) is 5.75 Å². The van der Waals surface area contributed by atoms with E-state index >= 15 is 0 Å². The second kappa shape index (κ2) is 9.32. The molecular formula is C23H24ClN7O3. The lowest BCUT2D eigenvalue weighted by Crippen LogP contribution is -2.39. The molecule has 0 bridgehead atoms. The number of fused-ring (bicyclic) bond motifs is 1. The molecule has 0 saturated carbocycles. The first-order chi connectivity index (χ1) is 16.5. The second-order valence-corrected chi connectivity index (χ2v) is 8.42. The molecule has 4 aromatic rings. The summed E-state index contributed by atoms with van der Waals surface area (Å²) in [5.41, 5.74) is 2.73. The highest BCUT2D eigenvalue weighted by molar-refractivity contribution is 6.38. The minimum atomic E-state index is -0.170. The van der Waals surface area contributed by atoms with Gasteiger partial charge in [0.05, 0.1) is 35.1 Å². The number of aromatic nitrogens is 5. The normalized spacial score (nSPS) is 14.3.